The number of amides is 2. The molecule has 1 fully saturated rings. The summed E-state index contributed by atoms with van der Waals surface area (Å²) in [5.74, 6) is -3.33. The molecule has 0 spiro atoms. The molecular formula is C21H20Cl2F2N2O4. The third-order valence-electron chi connectivity index (χ3n) is 5.24. The summed E-state index contributed by atoms with van der Waals surface area (Å²) in [5, 5.41) is -0.159. The Morgan fingerprint density at radius 2 is 1.23 bits per heavy atom. The van der Waals surface area contributed by atoms with Crippen molar-refractivity contribution in [2.24, 2.45) is 23.3 Å². The summed E-state index contributed by atoms with van der Waals surface area (Å²) in [6, 6.07) is 7.61. The molecule has 0 aliphatic heterocycles. The zero-order chi connectivity index (χ0) is 22.7. The van der Waals surface area contributed by atoms with E-state index in [1.165, 1.54) is 24.3 Å². The minimum Gasteiger partial charge on any atom is -0.480 e. The molecule has 166 valence electrons. The van der Waals surface area contributed by atoms with Crippen LogP contribution < -0.4 is 20.9 Å². The van der Waals surface area contributed by atoms with Gasteiger partial charge in [-0.2, -0.15) is 0 Å². The van der Waals surface area contributed by atoms with Crippen molar-refractivity contribution in [3.05, 3.63) is 58.1 Å². The maximum absolute atomic E-state index is 13.7. The predicted molar refractivity (Wildman–Crippen MR) is 111 cm³/mol. The van der Waals surface area contributed by atoms with Gasteiger partial charge in [0.25, 0.3) is 11.8 Å². The van der Waals surface area contributed by atoms with Gasteiger partial charge in [0.15, 0.2) is 12.2 Å². The standard InChI is InChI=1S/C21H20Cl2F2N2O4/c22-14-5-3-12(8-16(14)24)30-18(20(26)28)10-1-2-11(7-10)19(21(27)29)31-13-4-6-15(23)17(25)9-13/h3-6,8-11,18-19H,1-2,7H2,(H2,26,28)(H2,27,29)/t10-,11+,18?,19?. The lowest BCUT2D eigenvalue weighted by Crippen LogP contribution is -2.41. The Labute approximate surface area is 187 Å². The van der Waals surface area contributed by atoms with E-state index >= 15 is 0 Å². The van der Waals surface area contributed by atoms with Crippen molar-refractivity contribution in [2.75, 3.05) is 0 Å². The SMILES string of the molecule is NC(=O)C(Oc1ccc(Cl)c(F)c1)[C@@H]1CC[C@H](C(Oc2ccc(Cl)c(F)c2)C(N)=O)C1. The van der Waals surface area contributed by atoms with Crippen molar-refractivity contribution in [1.82, 2.24) is 0 Å². The molecule has 0 radical (unpaired) electrons. The lowest BCUT2D eigenvalue weighted by Gasteiger charge is -2.24. The molecule has 0 saturated heterocycles. The molecule has 0 heterocycles. The van der Waals surface area contributed by atoms with Crippen LogP contribution in [0.2, 0.25) is 10.0 Å². The first-order chi connectivity index (χ1) is 14.7. The van der Waals surface area contributed by atoms with Crippen LogP contribution >= 0.6 is 23.2 Å². The largest absolute Gasteiger partial charge is 0.480 e. The molecule has 0 bridgehead atoms. The van der Waals surface area contributed by atoms with Gasteiger partial charge in [0.2, 0.25) is 0 Å². The van der Waals surface area contributed by atoms with Crippen LogP contribution in [0.25, 0.3) is 0 Å². The molecule has 2 aromatic rings. The van der Waals surface area contributed by atoms with Crippen LogP contribution in [0.4, 0.5) is 8.78 Å². The molecule has 2 amide bonds. The molecule has 2 aromatic carbocycles. The van der Waals surface area contributed by atoms with Gasteiger partial charge in [-0.15, -0.1) is 0 Å². The highest BCUT2D eigenvalue weighted by Gasteiger charge is 2.41. The van der Waals surface area contributed by atoms with Gasteiger partial charge >= 0.3 is 0 Å². The molecule has 4 N–H and O–H groups in total. The highest BCUT2D eigenvalue weighted by molar-refractivity contribution is 6.31. The van der Waals surface area contributed by atoms with Gasteiger partial charge in [-0.25, -0.2) is 8.78 Å². The molecule has 3 rings (SSSR count). The van der Waals surface area contributed by atoms with Crippen LogP contribution in [0.1, 0.15) is 19.3 Å². The number of ether oxygens (including phenoxy) is 2. The highest BCUT2D eigenvalue weighted by Crippen LogP contribution is 2.38. The number of hydrogen-bond donors (Lipinski definition) is 2. The number of nitrogens with two attached hydrogens (primary N) is 2. The summed E-state index contributed by atoms with van der Waals surface area (Å²) in [7, 11) is 0. The predicted octanol–water partition coefficient (Wildman–Crippen LogP) is 3.85. The first-order valence-electron chi connectivity index (χ1n) is 9.47. The van der Waals surface area contributed by atoms with E-state index in [2.05, 4.69) is 0 Å². The quantitative estimate of drug-likeness (QED) is 0.608. The second-order valence-electron chi connectivity index (χ2n) is 7.37. The Morgan fingerprint density at radius 3 is 1.55 bits per heavy atom. The topological polar surface area (TPSA) is 105 Å². The average molecular weight is 473 g/mol. The van der Waals surface area contributed by atoms with Crippen LogP contribution in [0.15, 0.2) is 36.4 Å². The van der Waals surface area contributed by atoms with Gasteiger partial charge in [-0.05, 0) is 43.5 Å². The summed E-state index contributed by atoms with van der Waals surface area (Å²) >= 11 is 11.3. The second kappa shape index (κ2) is 9.70. The fourth-order valence-electron chi connectivity index (χ4n) is 3.77. The smallest absolute Gasteiger partial charge is 0.258 e. The Hall–Kier alpha value is -2.58. The Balaban J connectivity index is 1.72. The van der Waals surface area contributed by atoms with Crippen molar-refractivity contribution in [3.63, 3.8) is 0 Å². The average Bonchev–Trinajstić information content (AvgIpc) is 3.18. The molecule has 0 aromatic heterocycles. The Kier molecular flexibility index (Phi) is 7.23. The zero-order valence-electron chi connectivity index (χ0n) is 16.2. The molecule has 31 heavy (non-hydrogen) atoms. The lowest BCUT2D eigenvalue weighted by atomic mass is 9.95. The third-order valence-corrected chi connectivity index (χ3v) is 5.85. The normalized spacial score (nSPS) is 20.1. The molecule has 4 atom stereocenters. The molecule has 2 unspecified atom stereocenters. The fourth-order valence-corrected chi connectivity index (χ4v) is 4.00. The van der Waals surface area contributed by atoms with Gasteiger partial charge in [0.1, 0.15) is 23.1 Å². The molecule has 6 nitrogen and oxygen atoms in total. The van der Waals surface area contributed by atoms with Gasteiger partial charge in [0, 0.05) is 24.0 Å². The van der Waals surface area contributed by atoms with Crippen molar-refractivity contribution in [2.45, 2.75) is 31.5 Å². The summed E-state index contributed by atoms with van der Waals surface area (Å²) in [4.78, 5) is 24.0. The third kappa shape index (κ3) is 5.57. The zero-order valence-corrected chi connectivity index (χ0v) is 17.7. The van der Waals surface area contributed by atoms with Crippen molar-refractivity contribution in [3.8, 4) is 11.5 Å². The first-order valence-corrected chi connectivity index (χ1v) is 10.2. The summed E-state index contributed by atoms with van der Waals surface area (Å²) in [5.41, 5.74) is 11.0. The van der Waals surface area contributed by atoms with Crippen LogP contribution in [-0.2, 0) is 9.59 Å². The molecule has 10 heteroatoms. The summed E-state index contributed by atoms with van der Waals surface area (Å²) in [6.45, 7) is 0. The number of rotatable bonds is 8. The fraction of sp³-hybridized carbons (Fsp3) is 0.333. The number of benzene rings is 2. The van der Waals surface area contributed by atoms with E-state index in [9.17, 15) is 18.4 Å². The van der Waals surface area contributed by atoms with E-state index in [1.54, 1.807) is 0 Å². The maximum atomic E-state index is 13.7. The lowest BCUT2D eigenvalue weighted by molar-refractivity contribution is -0.127. The molecular weight excluding hydrogens is 453 g/mol. The molecule has 1 aliphatic rings. The molecule has 1 saturated carbocycles. The number of halogens is 4. The minimum absolute atomic E-state index is 0.0796. The monoisotopic (exact) mass is 472 g/mol. The number of primary amides is 2. The van der Waals surface area contributed by atoms with E-state index in [0.29, 0.717) is 19.3 Å². The van der Waals surface area contributed by atoms with Crippen molar-refractivity contribution >= 4 is 35.0 Å². The van der Waals surface area contributed by atoms with Crippen molar-refractivity contribution < 1.29 is 27.8 Å². The highest BCUT2D eigenvalue weighted by atomic mass is 35.5. The van der Waals surface area contributed by atoms with E-state index in [1.807, 2.05) is 0 Å². The van der Waals surface area contributed by atoms with E-state index in [0.717, 1.165) is 12.1 Å². The Bertz CT molecular complexity index is 914. The Morgan fingerprint density at radius 1 is 0.839 bits per heavy atom. The van der Waals surface area contributed by atoms with Gasteiger partial charge < -0.3 is 20.9 Å². The van der Waals surface area contributed by atoms with Gasteiger partial charge in [-0.1, -0.05) is 23.2 Å². The van der Waals surface area contributed by atoms with E-state index in [4.69, 9.17) is 44.1 Å². The van der Waals surface area contributed by atoms with Crippen molar-refractivity contribution in [1.29, 1.82) is 0 Å². The van der Waals surface area contributed by atoms with E-state index < -0.39 is 35.7 Å². The minimum atomic E-state index is -1.05. The van der Waals surface area contributed by atoms with E-state index in [-0.39, 0.29) is 33.4 Å². The van der Waals surface area contributed by atoms with Crippen LogP contribution in [0, 0.1) is 23.5 Å². The van der Waals surface area contributed by atoms with Gasteiger partial charge in [-0.3, -0.25) is 9.59 Å². The summed E-state index contributed by atoms with van der Waals surface area (Å²) < 4.78 is 38.7. The number of carbonyl (C=O) groups is 2. The first kappa shape index (κ1) is 23.1. The number of hydrogen-bond acceptors (Lipinski definition) is 4. The number of carbonyl (C=O) groups excluding carboxylic acids is 2. The second-order valence-corrected chi connectivity index (χ2v) is 8.18. The summed E-state index contributed by atoms with van der Waals surface area (Å²) in [6.07, 6.45) is -0.764. The van der Waals surface area contributed by atoms with Gasteiger partial charge in [0.05, 0.1) is 10.0 Å². The maximum Gasteiger partial charge on any atom is 0.258 e. The van der Waals surface area contributed by atoms with Crippen LogP contribution in [0.5, 0.6) is 11.5 Å². The van der Waals surface area contributed by atoms with Crippen LogP contribution in [0.3, 0.4) is 0 Å². The molecule has 1 aliphatic carbocycles. The van der Waals surface area contributed by atoms with Crippen LogP contribution in [-0.4, -0.2) is 24.0 Å².